The van der Waals surface area contributed by atoms with Gasteiger partial charge in [0.05, 0.1) is 6.61 Å². The molecule has 0 atom stereocenters. The van der Waals surface area contributed by atoms with Crippen LogP contribution in [-0.2, 0) is 17.3 Å². The van der Waals surface area contributed by atoms with Gasteiger partial charge in [-0.3, -0.25) is 0 Å². The summed E-state index contributed by atoms with van der Waals surface area (Å²) in [6.45, 7) is 13.7. The van der Waals surface area contributed by atoms with Gasteiger partial charge < -0.3 is 9.84 Å². The fraction of sp³-hybridized carbons (Fsp3) is 0.500. The van der Waals surface area contributed by atoms with Crippen molar-refractivity contribution in [2.75, 3.05) is 6.61 Å². The molecule has 0 bridgehead atoms. The molecule has 2 heteroatoms. The predicted octanol–water partition coefficient (Wildman–Crippen LogP) is 5.08. The smallest absolute Gasteiger partial charge is 0.131 e. The summed E-state index contributed by atoms with van der Waals surface area (Å²) >= 11 is 0. The van der Waals surface area contributed by atoms with Crippen molar-refractivity contribution in [2.45, 2.75) is 58.8 Å². The molecule has 0 saturated heterocycles. The van der Waals surface area contributed by atoms with Crippen molar-refractivity contribution in [1.29, 1.82) is 0 Å². The van der Waals surface area contributed by atoms with Crippen LogP contribution in [0.25, 0.3) is 10.8 Å². The average molecular weight is 298 g/mol. The van der Waals surface area contributed by atoms with E-state index in [1.807, 2.05) is 0 Å². The Kier molecular flexibility index (Phi) is 3.21. The number of phenols is 1. The van der Waals surface area contributed by atoms with Gasteiger partial charge in [-0.1, -0.05) is 59.7 Å². The van der Waals surface area contributed by atoms with Crippen molar-refractivity contribution < 1.29 is 9.84 Å². The first-order chi connectivity index (χ1) is 10.1. The Hall–Kier alpha value is -1.70. The molecule has 0 saturated carbocycles. The van der Waals surface area contributed by atoms with E-state index in [9.17, 15) is 5.11 Å². The topological polar surface area (TPSA) is 29.5 Å². The van der Waals surface area contributed by atoms with Gasteiger partial charge in [0.15, 0.2) is 0 Å². The zero-order chi connectivity index (χ0) is 16.3. The maximum Gasteiger partial charge on any atom is 0.131 e. The molecule has 0 fully saturated rings. The zero-order valence-corrected chi connectivity index (χ0v) is 14.5. The highest BCUT2D eigenvalue weighted by molar-refractivity contribution is 5.99. The van der Waals surface area contributed by atoms with Crippen LogP contribution < -0.4 is 4.74 Å². The molecule has 118 valence electrons. The first kappa shape index (κ1) is 15.2. The molecule has 1 N–H and O–H groups in total. The lowest BCUT2D eigenvalue weighted by Crippen LogP contribution is -2.16. The minimum atomic E-state index is -0.110. The van der Waals surface area contributed by atoms with Crippen LogP contribution in [0, 0.1) is 0 Å². The molecule has 3 rings (SSSR count). The van der Waals surface area contributed by atoms with Crippen molar-refractivity contribution in [2.24, 2.45) is 0 Å². The molecule has 1 heterocycles. The van der Waals surface area contributed by atoms with E-state index >= 15 is 0 Å². The molecule has 0 spiro atoms. The van der Waals surface area contributed by atoms with Crippen LogP contribution in [-0.4, -0.2) is 11.7 Å². The second kappa shape index (κ2) is 4.65. The summed E-state index contributed by atoms with van der Waals surface area (Å²) < 4.78 is 5.96. The van der Waals surface area contributed by atoms with Gasteiger partial charge in [0, 0.05) is 28.3 Å². The number of ether oxygens (including phenoxy) is 1. The molecule has 2 nitrogen and oxygen atoms in total. The fourth-order valence-corrected chi connectivity index (χ4v) is 3.63. The van der Waals surface area contributed by atoms with E-state index in [1.54, 1.807) is 0 Å². The van der Waals surface area contributed by atoms with Gasteiger partial charge in [0.1, 0.15) is 11.5 Å². The molecular formula is C20H26O2. The first-order valence-electron chi connectivity index (χ1n) is 8.06. The van der Waals surface area contributed by atoms with Gasteiger partial charge in [-0.2, -0.15) is 0 Å². The zero-order valence-electron chi connectivity index (χ0n) is 14.5. The van der Waals surface area contributed by atoms with E-state index in [0.29, 0.717) is 12.4 Å². The molecule has 2 aromatic rings. The Balaban J connectivity index is 2.52. The second-order valence-corrected chi connectivity index (χ2v) is 8.36. The van der Waals surface area contributed by atoms with Gasteiger partial charge >= 0.3 is 0 Å². The molecule has 2 aromatic carbocycles. The van der Waals surface area contributed by atoms with Crippen molar-refractivity contribution >= 4 is 10.8 Å². The van der Waals surface area contributed by atoms with E-state index < -0.39 is 0 Å². The Morgan fingerprint density at radius 1 is 1.00 bits per heavy atom. The third-order valence-electron chi connectivity index (χ3n) is 4.52. The first-order valence-corrected chi connectivity index (χ1v) is 8.06. The molecule has 22 heavy (non-hydrogen) atoms. The maximum atomic E-state index is 11.1. The van der Waals surface area contributed by atoms with Crippen LogP contribution in [0.1, 0.15) is 58.2 Å². The highest BCUT2D eigenvalue weighted by Gasteiger charge is 2.32. The summed E-state index contributed by atoms with van der Waals surface area (Å²) in [5.74, 6) is 1.42. The summed E-state index contributed by atoms with van der Waals surface area (Å²) in [5.41, 5.74) is 3.26. The van der Waals surface area contributed by atoms with E-state index in [1.165, 1.54) is 11.1 Å². The van der Waals surface area contributed by atoms with E-state index in [0.717, 1.165) is 28.5 Å². The van der Waals surface area contributed by atoms with Crippen molar-refractivity contribution in [3.63, 3.8) is 0 Å². The molecule has 1 aliphatic rings. The minimum absolute atomic E-state index is 0.0288. The van der Waals surface area contributed by atoms with E-state index in [4.69, 9.17) is 4.74 Å². The number of aromatic hydroxyl groups is 1. The van der Waals surface area contributed by atoms with E-state index in [2.05, 4.69) is 59.7 Å². The lowest BCUT2D eigenvalue weighted by molar-refractivity contribution is 0.360. The van der Waals surface area contributed by atoms with Gasteiger partial charge in [-0.25, -0.2) is 0 Å². The number of hydrogen-bond donors (Lipinski definition) is 1. The van der Waals surface area contributed by atoms with Gasteiger partial charge in [0.2, 0.25) is 0 Å². The third-order valence-corrected chi connectivity index (χ3v) is 4.52. The van der Waals surface area contributed by atoms with Crippen molar-refractivity contribution in [3.8, 4) is 11.5 Å². The lowest BCUT2D eigenvalue weighted by Gasteiger charge is -2.28. The molecule has 1 aliphatic heterocycles. The average Bonchev–Trinajstić information content (AvgIpc) is 2.84. The van der Waals surface area contributed by atoms with Crippen LogP contribution in [0.4, 0.5) is 0 Å². The number of benzene rings is 2. The normalized spacial score (nSPS) is 15.0. The summed E-state index contributed by atoms with van der Waals surface area (Å²) in [6, 6.07) is 6.26. The Morgan fingerprint density at radius 2 is 1.68 bits per heavy atom. The van der Waals surface area contributed by atoms with Crippen LogP contribution in [0.5, 0.6) is 11.5 Å². The Bertz CT molecular complexity index is 743. The monoisotopic (exact) mass is 298 g/mol. The number of hydrogen-bond acceptors (Lipinski definition) is 2. The quantitative estimate of drug-likeness (QED) is 0.735. The van der Waals surface area contributed by atoms with Crippen LogP contribution in [0.15, 0.2) is 18.2 Å². The number of rotatable bonds is 0. The van der Waals surface area contributed by atoms with Crippen LogP contribution in [0.3, 0.4) is 0 Å². The summed E-state index contributed by atoms with van der Waals surface area (Å²) in [4.78, 5) is 0. The highest BCUT2D eigenvalue weighted by atomic mass is 16.5. The Labute approximate surface area is 133 Å². The molecule has 0 amide bonds. The standard InChI is InChI=1S/C20H26O2/c1-19(2,3)14-9-7-8-12-15(14)17(21)16(20(4,5)6)13-10-11-22-18(12)13/h7-9,21H,10-11H2,1-6H3. The highest BCUT2D eigenvalue weighted by Crippen LogP contribution is 2.49. The maximum absolute atomic E-state index is 11.1. The van der Waals surface area contributed by atoms with Gasteiger partial charge in [0.25, 0.3) is 0 Å². The summed E-state index contributed by atoms with van der Waals surface area (Å²) in [7, 11) is 0. The molecule has 0 radical (unpaired) electrons. The van der Waals surface area contributed by atoms with Crippen molar-refractivity contribution in [1.82, 2.24) is 0 Å². The molecule has 0 unspecified atom stereocenters. The van der Waals surface area contributed by atoms with E-state index in [-0.39, 0.29) is 10.8 Å². The van der Waals surface area contributed by atoms with Gasteiger partial charge in [-0.15, -0.1) is 0 Å². The van der Waals surface area contributed by atoms with Crippen LogP contribution >= 0.6 is 0 Å². The molecular weight excluding hydrogens is 272 g/mol. The number of fused-ring (bicyclic) bond motifs is 3. The Morgan fingerprint density at radius 3 is 2.27 bits per heavy atom. The molecule has 0 aromatic heterocycles. The SMILES string of the molecule is CC(C)(C)c1c2c(c3cccc(C(C)(C)C)c3c1O)OCC2. The number of phenolic OH excluding ortho intramolecular Hbond substituents is 1. The lowest BCUT2D eigenvalue weighted by atomic mass is 9.77. The fourth-order valence-electron chi connectivity index (χ4n) is 3.63. The summed E-state index contributed by atoms with van der Waals surface area (Å²) in [6.07, 6.45) is 0.880. The predicted molar refractivity (Wildman–Crippen MR) is 92.2 cm³/mol. The van der Waals surface area contributed by atoms with Crippen molar-refractivity contribution in [3.05, 3.63) is 34.9 Å². The minimum Gasteiger partial charge on any atom is -0.507 e. The molecule has 0 aliphatic carbocycles. The second-order valence-electron chi connectivity index (χ2n) is 8.36. The summed E-state index contributed by atoms with van der Waals surface area (Å²) in [5, 5.41) is 13.1. The largest absolute Gasteiger partial charge is 0.507 e. The third kappa shape index (κ3) is 2.16. The van der Waals surface area contributed by atoms with Gasteiger partial charge in [-0.05, 0) is 16.4 Å². The van der Waals surface area contributed by atoms with Crippen LogP contribution in [0.2, 0.25) is 0 Å².